The number of aromatic nitrogens is 1. The molecule has 1 unspecified atom stereocenters. The number of imide groups is 1. The highest BCUT2D eigenvalue weighted by Crippen LogP contribution is 2.30. The summed E-state index contributed by atoms with van der Waals surface area (Å²) < 4.78 is 38.4. The molecule has 1 aliphatic heterocycles. The van der Waals surface area contributed by atoms with Gasteiger partial charge in [-0.25, -0.2) is 4.79 Å². The molecule has 7 nitrogen and oxygen atoms in total. The predicted molar refractivity (Wildman–Crippen MR) is 106 cm³/mol. The zero-order valence-electron chi connectivity index (χ0n) is 16.0. The Hall–Kier alpha value is -3.82. The number of para-hydroxylation sites is 1. The minimum absolute atomic E-state index is 0.0813. The average Bonchev–Trinajstić information content (AvgIpc) is 3.24. The number of hydrogen-bond donors (Lipinski definition) is 3. The molecule has 3 N–H and O–H groups in total. The third-order valence-corrected chi connectivity index (χ3v) is 4.98. The van der Waals surface area contributed by atoms with Crippen LogP contribution in [0.3, 0.4) is 0 Å². The second kappa shape index (κ2) is 7.78. The standard InChI is InChI=1S/C21H17F3N4O3/c22-21(23,24)13-4-3-5-14(9-13)26-18(29)11-28-19(30)17(27-20(28)31)8-12-10-25-16-7-2-1-6-15(12)16/h1-7,9-10,17,25H,8,11H2,(H,26,29)(H,27,31). The van der Waals surface area contributed by atoms with Gasteiger partial charge in [-0.05, 0) is 29.8 Å². The van der Waals surface area contributed by atoms with E-state index in [-0.39, 0.29) is 12.1 Å². The van der Waals surface area contributed by atoms with Crippen LogP contribution < -0.4 is 10.6 Å². The monoisotopic (exact) mass is 430 g/mol. The number of aromatic amines is 1. The molecule has 0 radical (unpaired) electrons. The number of alkyl halides is 3. The summed E-state index contributed by atoms with van der Waals surface area (Å²) >= 11 is 0. The number of urea groups is 1. The molecule has 1 saturated heterocycles. The number of anilines is 1. The Labute approximate surface area is 174 Å². The van der Waals surface area contributed by atoms with Gasteiger partial charge in [0.2, 0.25) is 5.91 Å². The van der Waals surface area contributed by atoms with Crippen molar-refractivity contribution in [1.29, 1.82) is 0 Å². The van der Waals surface area contributed by atoms with E-state index >= 15 is 0 Å². The van der Waals surface area contributed by atoms with Crippen LogP contribution in [0, 0.1) is 0 Å². The fourth-order valence-electron chi connectivity index (χ4n) is 3.50. The van der Waals surface area contributed by atoms with Crippen LogP contribution in [0.1, 0.15) is 11.1 Å². The van der Waals surface area contributed by atoms with Crippen LogP contribution in [0.5, 0.6) is 0 Å². The zero-order valence-corrected chi connectivity index (χ0v) is 16.0. The van der Waals surface area contributed by atoms with Crippen molar-refractivity contribution in [3.8, 4) is 0 Å². The molecule has 4 rings (SSSR count). The lowest BCUT2D eigenvalue weighted by atomic mass is 10.1. The fourth-order valence-corrected chi connectivity index (χ4v) is 3.50. The second-order valence-corrected chi connectivity index (χ2v) is 7.12. The smallest absolute Gasteiger partial charge is 0.361 e. The Morgan fingerprint density at radius 3 is 2.65 bits per heavy atom. The molecular weight excluding hydrogens is 413 g/mol. The topological polar surface area (TPSA) is 94.3 Å². The Morgan fingerprint density at radius 2 is 1.87 bits per heavy atom. The van der Waals surface area contributed by atoms with Gasteiger partial charge in [-0.15, -0.1) is 0 Å². The van der Waals surface area contributed by atoms with Crippen molar-refractivity contribution in [3.05, 3.63) is 65.9 Å². The van der Waals surface area contributed by atoms with Gasteiger partial charge in [0.15, 0.2) is 0 Å². The molecule has 3 aromatic rings. The molecule has 160 valence electrons. The van der Waals surface area contributed by atoms with Gasteiger partial charge in [0.05, 0.1) is 5.56 Å². The summed E-state index contributed by atoms with van der Waals surface area (Å²) in [6.45, 7) is -0.606. The van der Waals surface area contributed by atoms with Crippen LogP contribution in [0.2, 0.25) is 0 Å². The summed E-state index contributed by atoms with van der Waals surface area (Å²) in [5.41, 5.74) is 0.734. The van der Waals surface area contributed by atoms with Crippen LogP contribution in [0.4, 0.5) is 23.7 Å². The largest absolute Gasteiger partial charge is 0.416 e. The first-order chi connectivity index (χ1) is 14.7. The number of hydrogen-bond acceptors (Lipinski definition) is 3. The van der Waals surface area contributed by atoms with Crippen LogP contribution in [0.15, 0.2) is 54.7 Å². The minimum atomic E-state index is -4.55. The van der Waals surface area contributed by atoms with Gasteiger partial charge in [0.25, 0.3) is 5.91 Å². The van der Waals surface area contributed by atoms with E-state index in [0.717, 1.165) is 39.6 Å². The van der Waals surface area contributed by atoms with Gasteiger partial charge in [-0.2, -0.15) is 13.2 Å². The molecule has 4 amide bonds. The molecule has 1 atom stereocenters. The fraction of sp³-hybridized carbons (Fsp3) is 0.190. The number of carbonyl (C=O) groups is 3. The van der Waals surface area contributed by atoms with Crippen molar-refractivity contribution in [3.63, 3.8) is 0 Å². The third kappa shape index (κ3) is 4.23. The zero-order chi connectivity index (χ0) is 22.2. The van der Waals surface area contributed by atoms with Crippen molar-refractivity contribution < 1.29 is 27.6 Å². The minimum Gasteiger partial charge on any atom is -0.361 e. The summed E-state index contributed by atoms with van der Waals surface area (Å²) in [6, 6.07) is 10.0. The highest BCUT2D eigenvalue weighted by atomic mass is 19.4. The molecule has 0 bridgehead atoms. The Morgan fingerprint density at radius 1 is 1.10 bits per heavy atom. The van der Waals surface area contributed by atoms with Crippen molar-refractivity contribution in [2.24, 2.45) is 0 Å². The van der Waals surface area contributed by atoms with E-state index in [2.05, 4.69) is 15.6 Å². The average molecular weight is 430 g/mol. The molecule has 1 fully saturated rings. The van der Waals surface area contributed by atoms with E-state index < -0.39 is 42.2 Å². The lowest BCUT2D eigenvalue weighted by molar-refractivity contribution is -0.137. The first-order valence-corrected chi connectivity index (χ1v) is 9.36. The predicted octanol–water partition coefficient (Wildman–Crippen LogP) is 3.29. The molecule has 1 aliphatic rings. The first-order valence-electron chi connectivity index (χ1n) is 9.36. The van der Waals surface area contributed by atoms with E-state index in [4.69, 9.17) is 0 Å². The quantitative estimate of drug-likeness (QED) is 0.542. The lowest BCUT2D eigenvalue weighted by Gasteiger charge is -2.14. The number of H-pyrrole nitrogens is 1. The van der Waals surface area contributed by atoms with E-state index in [1.54, 1.807) is 6.20 Å². The van der Waals surface area contributed by atoms with Crippen molar-refractivity contribution in [1.82, 2.24) is 15.2 Å². The van der Waals surface area contributed by atoms with Crippen LogP contribution in [-0.2, 0) is 22.2 Å². The van der Waals surface area contributed by atoms with E-state index in [1.807, 2.05) is 24.3 Å². The Bertz CT molecular complexity index is 1170. The van der Waals surface area contributed by atoms with Crippen LogP contribution in [0.25, 0.3) is 10.9 Å². The van der Waals surface area contributed by atoms with Gasteiger partial charge < -0.3 is 15.6 Å². The van der Waals surface area contributed by atoms with Crippen LogP contribution >= 0.6 is 0 Å². The van der Waals surface area contributed by atoms with E-state index in [9.17, 15) is 27.6 Å². The SMILES string of the molecule is O=C(CN1C(=O)NC(Cc2c[nH]c3ccccc23)C1=O)Nc1cccc(C(F)(F)F)c1. The van der Waals surface area contributed by atoms with Crippen molar-refractivity contribution in [2.75, 3.05) is 11.9 Å². The first kappa shape index (κ1) is 20.5. The number of rotatable bonds is 5. The second-order valence-electron chi connectivity index (χ2n) is 7.12. The molecule has 31 heavy (non-hydrogen) atoms. The molecule has 0 aliphatic carbocycles. The maximum absolute atomic E-state index is 12.8. The maximum Gasteiger partial charge on any atom is 0.416 e. The summed E-state index contributed by atoms with van der Waals surface area (Å²) in [4.78, 5) is 41.0. The summed E-state index contributed by atoms with van der Waals surface area (Å²) in [5.74, 6) is -1.36. The number of carbonyl (C=O) groups excluding carboxylic acids is 3. The Balaban J connectivity index is 1.42. The molecular formula is C21H17F3N4O3. The van der Waals surface area contributed by atoms with Gasteiger partial charge in [-0.3, -0.25) is 14.5 Å². The molecule has 2 heterocycles. The molecule has 10 heteroatoms. The number of benzene rings is 2. The van der Waals surface area contributed by atoms with E-state index in [1.165, 1.54) is 6.07 Å². The van der Waals surface area contributed by atoms with E-state index in [0.29, 0.717) is 0 Å². The third-order valence-electron chi connectivity index (χ3n) is 4.98. The number of nitrogens with one attached hydrogen (secondary N) is 3. The summed E-state index contributed by atoms with van der Waals surface area (Å²) in [7, 11) is 0. The summed E-state index contributed by atoms with van der Waals surface area (Å²) in [6.07, 6.45) is -2.56. The molecule has 1 aromatic heterocycles. The molecule has 0 spiro atoms. The van der Waals surface area contributed by atoms with Gasteiger partial charge in [0.1, 0.15) is 12.6 Å². The number of fused-ring (bicyclic) bond motifs is 1. The molecule has 0 saturated carbocycles. The molecule has 2 aromatic carbocycles. The van der Waals surface area contributed by atoms with Crippen molar-refractivity contribution >= 4 is 34.4 Å². The lowest BCUT2D eigenvalue weighted by Crippen LogP contribution is -2.38. The number of nitrogens with zero attached hydrogens (tertiary/aromatic N) is 1. The van der Waals surface area contributed by atoms with Crippen LogP contribution in [-0.4, -0.2) is 40.3 Å². The number of amides is 4. The normalized spacial score (nSPS) is 16.6. The van der Waals surface area contributed by atoms with Gasteiger partial charge >= 0.3 is 12.2 Å². The van der Waals surface area contributed by atoms with Gasteiger partial charge in [0, 0.05) is 29.2 Å². The number of halogens is 3. The summed E-state index contributed by atoms with van der Waals surface area (Å²) in [5, 5.41) is 5.76. The Kier molecular flexibility index (Phi) is 5.14. The highest BCUT2D eigenvalue weighted by molar-refractivity contribution is 6.08. The van der Waals surface area contributed by atoms with Gasteiger partial charge in [-0.1, -0.05) is 24.3 Å². The van der Waals surface area contributed by atoms with Crippen molar-refractivity contribution in [2.45, 2.75) is 18.6 Å². The highest BCUT2D eigenvalue weighted by Gasteiger charge is 2.39. The maximum atomic E-state index is 12.8.